The van der Waals surface area contributed by atoms with E-state index in [9.17, 15) is 5.26 Å². The fourth-order valence-corrected chi connectivity index (χ4v) is 17.9. The highest BCUT2D eigenvalue weighted by Crippen LogP contribution is 2.50. The molecule has 3 atom stereocenters. The SMILES string of the molecule is CCCCCN1/C(=C/C2=CC(=C/C3Sc4cc(C)ccc4[NH+]3CC)/CC(C)(C)C2)Sc2cc(C)ccc21.CCN1C(=CC2=CC(=Cc3sc4cc(C)ccc4[n+]3C)CC(c3ccccc3)C2)Sc2cc(C)ccc21.Cc1ccc(SOO[O-])cc1.I. The van der Waals surface area contributed by atoms with Gasteiger partial charge >= 0.3 is 0 Å². The minimum absolute atomic E-state index is 0. The van der Waals surface area contributed by atoms with Crippen molar-refractivity contribution in [3.63, 3.8) is 0 Å². The number of likely N-dealkylation sites (N-methyl/N-ethyl adjacent to an activating group) is 1. The first-order valence-electron chi connectivity index (χ1n) is 30.2. The van der Waals surface area contributed by atoms with Gasteiger partial charge in [0.15, 0.2) is 5.37 Å². The van der Waals surface area contributed by atoms with E-state index < -0.39 is 0 Å². The minimum atomic E-state index is 0. The first-order chi connectivity index (χ1) is 41.1. The van der Waals surface area contributed by atoms with Gasteiger partial charge in [0.2, 0.25) is 5.52 Å². The topological polar surface area (TPSA) is 56.3 Å². The fourth-order valence-electron chi connectivity index (χ4n) is 12.2. The van der Waals surface area contributed by atoms with Crippen molar-refractivity contribution in [3.8, 4) is 0 Å². The average molecular weight is 1350 g/mol. The molecule has 0 radical (unpaired) electrons. The molecule has 2 aliphatic carbocycles. The van der Waals surface area contributed by atoms with Crippen LogP contribution in [0.4, 0.5) is 17.1 Å². The number of aromatic nitrogens is 1. The summed E-state index contributed by atoms with van der Waals surface area (Å²) in [6.07, 6.45) is 23.1. The molecule has 3 aliphatic heterocycles. The highest BCUT2D eigenvalue weighted by atomic mass is 127. The molecule has 5 aliphatic rings. The minimum Gasteiger partial charge on any atom is -0.691 e. The van der Waals surface area contributed by atoms with Crippen LogP contribution >= 0.6 is 82.6 Å². The Morgan fingerprint density at radius 2 is 1.29 bits per heavy atom. The molecule has 0 bridgehead atoms. The van der Waals surface area contributed by atoms with E-state index in [0.717, 1.165) is 67.8 Å². The quantitative estimate of drug-likeness (QED) is 0.0287. The molecule has 1 aromatic heterocycles. The van der Waals surface area contributed by atoms with Crippen LogP contribution in [0.3, 0.4) is 0 Å². The van der Waals surface area contributed by atoms with Crippen molar-refractivity contribution >= 4 is 116 Å². The number of thioether (sulfide) groups is 3. The maximum atomic E-state index is 9.43. The van der Waals surface area contributed by atoms with Gasteiger partial charge in [0.25, 0.3) is 5.01 Å². The standard InChI is InChI=1S/C33H33N2S2.C33H42N2S2.C7H8O3S.HI/c1-5-35-29-14-12-23(3)16-31(29)37-33(35)21-25-17-24(18-27(19-25)26-9-7-6-8-10-26)20-32-34(4)28-13-11-22(2)15-30(28)36-32;1-7-9-10-15-35-28-14-12-24(4)17-30(28)37-32(35)20-26-18-25(21-33(5,6)22-26)19-31-34(8-2)27-13-11-23(3)16-29(27)36-31;1-6-2-4-7(5-3-6)11-10-9-8;/h6-17,20-21,27H,5,18-19H2,1-4H3;11-14,16-20,31H,7-10,15,21-22H2,1-6H3;2-5,8H,1H3;1H/q+1;;;/b;25-19-,32-20-;;. The normalized spacial score (nSPS) is 20.3. The van der Waals surface area contributed by atoms with Crippen molar-refractivity contribution in [2.75, 3.05) is 29.4 Å². The Balaban J connectivity index is 0.000000173. The molecule has 0 saturated carbocycles. The Morgan fingerprint density at radius 3 is 1.97 bits per heavy atom. The number of thiazole rings is 1. The number of quaternary nitrogens is 1. The van der Waals surface area contributed by atoms with Gasteiger partial charge in [-0.1, -0.05) is 165 Å². The molecule has 0 saturated heterocycles. The zero-order valence-electron chi connectivity index (χ0n) is 51.8. The van der Waals surface area contributed by atoms with Crippen molar-refractivity contribution < 1.29 is 24.1 Å². The Labute approximate surface area is 550 Å². The third-order valence-corrected chi connectivity index (χ3v) is 21.6. The summed E-state index contributed by atoms with van der Waals surface area (Å²) in [6, 6.07) is 46.1. The van der Waals surface area contributed by atoms with Crippen molar-refractivity contribution in [2.24, 2.45) is 12.5 Å². The zero-order valence-corrected chi connectivity index (χ0v) is 58.2. The third kappa shape index (κ3) is 16.3. The van der Waals surface area contributed by atoms with Crippen molar-refractivity contribution in [1.29, 1.82) is 0 Å². The molecule has 1 N–H and O–H groups in total. The van der Waals surface area contributed by atoms with Crippen molar-refractivity contribution in [3.05, 3.63) is 229 Å². The number of anilines is 2. The summed E-state index contributed by atoms with van der Waals surface area (Å²) in [7, 11) is 2.19. The number of benzene rings is 6. The Bertz CT molecular complexity index is 3710. The lowest BCUT2D eigenvalue weighted by atomic mass is 9.75. The highest BCUT2D eigenvalue weighted by molar-refractivity contribution is 14.0. The van der Waals surface area contributed by atoms with Gasteiger partial charge in [0.05, 0.1) is 44.9 Å². The Morgan fingerprint density at radius 1 is 0.674 bits per heavy atom. The summed E-state index contributed by atoms with van der Waals surface area (Å²) in [5, 5.41) is 17.1. The van der Waals surface area contributed by atoms with Crippen LogP contribution in [0.15, 0.2) is 210 Å². The van der Waals surface area contributed by atoms with Crippen LogP contribution in [0.2, 0.25) is 0 Å². The molecular weight excluding hydrogens is 1270 g/mol. The van der Waals surface area contributed by atoms with E-state index in [1.54, 1.807) is 4.90 Å². The number of hydrogen-bond acceptors (Lipinski definition) is 10. The molecule has 0 fully saturated rings. The summed E-state index contributed by atoms with van der Waals surface area (Å²) in [5.74, 6) is 0.484. The Hall–Kier alpha value is -4.78. The number of halogens is 1. The van der Waals surface area contributed by atoms with E-state index in [0.29, 0.717) is 11.3 Å². The molecule has 0 spiro atoms. The van der Waals surface area contributed by atoms with E-state index in [1.165, 1.54) is 126 Å². The van der Waals surface area contributed by atoms with Gasteiger partial charge in [-0.2, -0.15) is 8.90 Å². The van der Waals surface area contributed by atoms with Crippen LogP contribution in [0.1, 0.15) is 124 Å². The van der Waals surface area contributed by atoms with Crippen molar-refractivity contribution in [1.82, 2.24) is 0 Å². The maximum absolute atomic E-state index is 9.43. The molecule has 4 heterocycles. The molecule has 12 rings (SSSR count). The number of aryl methyl sites for hydroxylation is 6. The van der Waals surface area contributed by atoms with Crippen LogP contribution in [0.25, 0.3) is 16.3 Å². The molecule has 13 heteroatoms. The number of nitrogens with one attached hydrogen (secondary N) is 1. The molecule has 450 valence electrons. The number of fused-ring (bicyclic) bond motifs is 4. The first-order valence-corrected chi connectivity index (χ1v) is 34.3. The van der Waals surface area contributed by atoms with E-state index in [4.69, 9.17) is 0 Å². The molecule has 0 amide bonds. The number of rotatable bonds is 14. The molecular formula is C73H84IN4O3S5+. The molecule has 7 nitrogen and oxygen atoms in total. The average Bonchev–Trinajstić information content (AvgIpc) is 2.12. The van der Waals surface area contributed by atoms with E-state index in [-0.39, 0.29) is 29.4 Å². The van der Waals surface area contributed by atoms with Gasteiger partial charge in [0.1, 0.15) is 17.4 Å². The number of allylic oxidation sites excluding steroid dienone is 8. The monoisotopic (exact) mass is 1350 g/mol. The fraction of sp³-hybridized carbons (Fsp3) is 0.329. The predicted octanol–water partition coefficient (Wildman–Crippen LogP) is 19.1. The van der Waals surface area contributed by atoms with E-state index in [2.05, 4.69) is 233 Å². The third-order valence-electron chi connectivity index (χ3n) is 16.4. The van der Waals surface area contributed by atoms with Crippen LogP contribution in [0, 0.1) is 40.0 Å². The summed E-state index contributed by atoms with van der Waals surface area (Å²) in [5.41, 5.74) is 19.5. The second-order valence-electron chi connectivity index (χ2n) is 24.1. The summed E-state index contributed by atoms with van der Waals surface area (Å²) < 4.78 is 7.81. The first kappa shape index (κ1) is 65.7. The number of unbranched alkanes of at least 4 members (excludes halogenated alkanes) is 2. The lowest BCUT2D eigenvalue weighted by molar-refractivity contribution is -0.833. The molecule has 3 unspecified atom stereocenters. The molecule has 86 heavy (non-hydrogen) atoms. The van der Waals surface area contributed by atoms with Gasteiger partial charge in [-0.3, -0.25) is 9.94 Å². The Kier molecular flexibility index (Phi) is 23.0. The van der Waals surface area contributed by atoms with Crippen LogP contribution in [-0.2, 0) is 16.4 Å². The molecule has 6 aromatic carbocycles. The van der Waals surface area contributed by atoms with Crippen LogP contribution in [0.5, 0.6) is 0 Å². The number of hydrogen-bond donors (Lipinski definition) is 1. The smallest absolute Gasteiger partial charge is 0.262 e. The lowest BCUT2D eigenvalue weighted by Crippen LogP contribution is -3.08. The van der Waals surface area contributed by atoms with E-state index in [1.807, 2.05) is 77.8 Å². The zero-order chi connectivity index (χ0) is 59.8. The lowest BCUT2D eigenvalue weighted by Gasteiger charge is -2.31. The van der Waals surface area contributed by atoms with E-state index >= 15 is 0 Å². The van der Waals surface area contributed by atoms with Gasteiger partial charge < -0.3 is 15.1 Å². The van der Waals surface area contributed by atoms with Gasteiger partial charge in [-0.15, -0.1) is 24.0 Å². The summed E-state index contributed by atoms with van der Waals surface area (Å²) in [4.78, 5) is 11.7. The predicted molar refractivity (Wildman–Crippen MR) is 378 cm³/mol. The summed E-state index contributed by atoms with van der Waals surface area (Å²) >= 11 is 8.70. The van der Waals surface area contributed by atoms with Crippen molar-refractivity contribution in [2.45, 2.75) is 145 Å². The number of nitrogens with zero attached hydrogens (tertiary/aromatic N) is 3. The maximum Gasteiger partial charge on any atom is 0.262 e. The second-order valence-corrected chi connectivity index (χ2v) is 29.2. The van der Waals surface area contributed by atoms with Gasteiger partial charge in [-0.25, -0.2) is 0 Å². The molecule has 7 aromatic rings. The van der Waals surface area contributed by atoms with Crippen LogP contribution < -0.4 is 24.5 Å². The van der Waals surface area contributed by atoms with Crippen LogP contribution in [-0.4, -0.2) is 25.0 Å². The highest BCUT2D eigenvalue weighted by Gasteiger charge is 2.35. The largest absolute Gasteiger partial charge is 0.691 e. The van der Waals surface area contributed by atoms with Gasteiger partial charge in [-0.05, 0) is 209 Å². The summed E-state index contributed by atoms with van der Waals surface area (Å²) in [6.45, 7) is 25.7. The van der Waals surface area contributed by atoms with Gasteiger partial charge in [0, 0.05) is 46.0 Å². The second kappa shape index (κ2) is 30.2.